The van der Waals surface area contributed by atoms with Crippen LogP contribution in [-0.4, -0.2) is 82.8 Å². The monoisotopic (exact) mass is 626 g/mol. The number of aliphatic hydroxyl groups is 1. The summed E-state index contributed by atoms with van der Waals surface area (Å²) >= 11 is 0. The van der Waals surface area contributed by atoms with E-state index in [4.69, 9.17) is 9.26 Å². The lowest BCUT2D eigenvalue weighted by Gasteiger charge is -2.25. The highest BCUT2D eigenvalue weighted by Crippen LogP contribution is 2.17. The summed E-state index contributed by atoms with van der Waals surface area (Å²) in [5.41, 5.74) is 0.862. The van der Waals surface area contributed by atoms with Crippen LogP contribution in [0.3, 0.4) is 0 Å². The van der Waals surface area contributed by atoms with E-state index >= 15 is 0 Å². The van der Waals surface area contributed by atoms with Gasteiger partial charge in [-0.3, -0.25) is 19.2 Å². The number of aromatic nitrogens is 1. The van der Waals surface area contributed by atoms with Crippen molar-refractivity contribution in [3.05, 3.63) is 64.3 Å². The molecule has 3 unspecified atom stereocenters. The van der Waals surface area contributed by atoms with Crippen LogP contribution in [0.5, 0.6) is 0 Å². The molecule has 0 spiro atoms. The van der Waals surface area contributed by atoms with Crippen LogP contribution in [0.15, 0.2) is 40.4 Å². The summed E-state index contributed by atoms with van der Waals surface area (Å²) in [5, 5.41) is 30.8. The zero-order chi connectivity index (χ0) is 33.3. The third-order valence-corrected chi connectivity index (χ3v) is 6.99. The van der Waals surface area contributed by atoms with Gasteiger partial charge in [0.2, 0.25) is 11.8 Å². The second kappa shape index (κ2) is 15.9. The smallest absolute Gasteiger partial charge is 0.274 e. The molecule has 2 heterocycles. The molecule has 1 aromatic carbocycles. The van der Waals surface area contributed by atoms with Gasteiger partial charge in [-0.05, 0) is 44.7 Å². The van der Waals surface area contributed by atoms with Crippen LogP contribution in [0.4, 0.5) is 4.39 Å². The lowest BCUT2D eigenvalue weighted by atomic mass is 10.1. The Bertz CT molecular complexity index is 1460. The molecule has 0 saturated carbocycles. The maximum absolute atomic E-state index is 14.4. The molecule has 14 heteroatoms. The minimum atomic E-state index is -1.48. The molecule has 2 aromatic rings. The second-order valence-corrected chi connectivity index (χ2v) is 11.3. The average molecular weight is 627 g/mol. The number of amides is 4. The highest BCUT2D eigenvalue weighted by Gasteiger charge is 2.33. The number of carbonyl (C=O) groups is 4. The topological polar surface area (TPSA) is 187 Å². The molecule has 0 aliphatic carbocycles. The summed E-state index contributed by atoms with van der Waals surface area (Å²) in [6.45, 7) is 8.29. The van der Waals surface area contributed by atoms with Crippen LogP contribution in [-0.2, 0) is 25.7 Å². The van der Waals surface area contributed by atoms with Gasteiger partial charge in [-0.25, -0.2) is 4.39 Å². The van der Waals surface area contributed by atoms with E-state index in [0.717, 1.165) is 0 Å². The largest absolute Gasteiger partial charge is 0.391 e. The van der Waals surface area contributed by atoms with Crippen molar-refractivity contribution < 1.29 is 37.9 Å². The Morgan fingerprint density at radius 3 is 2.53 bits per heavy atom. The van der Waals surface area contributed by atoms with Gasteiger partial charge in [-0.2, -0.15) is 5.26 Å². The van der Waals surface area contributed by atoms with Crippen molar-refractivity contribution in [1.29, 1.82) is 5.26 Å². The number of hydrogen-bond donors (Lipinski definition) is 4. The normalized spacial score (nSPS) is 16.9. The lowest BCUT2D eigenvalue weighted by Crippen LogP contribution is -2.58. The third kappa shape index (κ3) is 9.95. The van der Waals surface area contributed by atoms with Gasteiger partial charge in [0.05, 0.1) is 18.8 Å². The number of benzene rings is 1. The Balaban J connectivity index is 1.71. The fraction of sp³-hybridized carbons (Fsp3) is 0.484. The zero-order valence-corrected chi connectivity index (χ0v) is 25.9. The molecule has 242 valence electrons. The van der Waals surface area contributed by atoms with Crippen LogP contribution < -0.4 is 16.0 Å². The Morgan fingerprint density at radius 2 is 1.93 bits per heavy atom. The number of allylic oxidation sites excluding steroid dienone is 1. The number of nitriles is 1. The first-order valence-electron chi connectivity index (χ1n) is 14.6. The van der Waals surface area contributed by atoms with Crippen molar-refractivity contribution >= 4 is 23.6 Å². The number of aliphatic hydroxyl groups excluding tert-OH is 1. The molecule has 1 aromatic heterocycles. The Morgan fingerprint density at radius 1 is 1.20 bits per heavy atom. The number of ether oxygens (including phenoxy) is 1. The summed E-state index contributed by atoms with van der Waals surface area (Å²) in [7, 11) is 0. The fourth-order valence-electron chi connectivity index (χ4n) is 4.58. The number of likely N-dealkylation sites (tertiary alicyclic amines) is 1. The Kier molecular flexibility index (Phi) is 12.3. The van der Waals surface area contributed by atoms with Gasteiger partial charge in [0.25, 0.3) is 11.8 Å². The van der Waals surface area contributed by atoms with Crippen LogP contribution >= 0.6 is 0 Å². The number of nitrogens with zero attached hydrogens (tertiary/aromatic N) is 3. The van der Waals surface area contributed by atoms with Gasteiger partial charge in [-0.1, -0.05) is 37.2 Å². The van der Waals surface area contributed by atoms with Gasteiger partial charge in [-0.15, -0.1) is 0 Å². The van der Waals surface area contributed by atoms with Crippen molar-refractivity contribution in [2.45, 2.75) is 71.9 Å². The summed E-state index contributed by atoms with van der Waals surface area (Å²) < 4.78 is 25.2. The highest BCUT2D eigenvalue weighted by molar-refractivity contribution is 5.98. The van der Waals surface area contributed by atoms with Crippen LogP contribution in [0.25, 0.3) is 0 Å². The van der Waals surface area contributed by atoms with E-state index in [9.17, 15) is 33.9 Å². The number of nitrogens with one attached hydrogen (secondary N) is 3. The fourth-order valence-corrected chi connectivity index (χ4v) is 4.58. The molecule has 13 nitrogen and oxygen atoms in total. The first kappa shape index (κ1) is 34.9. The molecular weight excluding hydrogens is 587 g/mol. The molecular formula is C31H39FN6O7. The number of aryl methyl sites for hydroxylation is 2. The van der Waals surface area contributed by atoms with Crippen LogP contribution in [0.2, 0.25) is 0 Å². The minimum absolute atomic E-state index is 0.00447. The summed E-state index contributed by atoms with van der Waals surface area (Å²) in [6.07, 6.45) is 0.143. The second-order valence-electron chi connectivity index (χ2n) is 11.3. The first-order chi connectivity index (χ1) is 21.3. The minimum Gasteiger partial charge on any atom is -0.391 e. The molecule has 0 bridgehead atoms. The maximum Gasteiger partial charge on any atom is 0.274 e. The highest BCUT2D eigenvalue weighted by atomic mass is 19.1. The molecule has 4 atom stereocenters. The van der Waals surface area contributed by atoms with E-state index < -0.39 is 53.7 Å². The molecule has 3 rings (SSSR count). The average Bonchev–Trinajstić information content (AvgIpc) is 3.64. The van der Waals surface area contributed by atoms with Gasteiger partial charge in [0.1, 0.15) is 35.3 Å². The molecule has 4 amide bonds. The lowest BCUT2D eigenvalue weighted by molar-refractivity contribution is -0.133. The van der Waals surface area contributed by atoms with Gasteiger partial charge >= 0.3 is 0 Å². The van der Waals surface area contributed by atoms with Gasteiger partial charge < -0.3 is 35.2 Å². The summed E-state index contributed by atoms with van der Waals surface area (Å²) in [4.78, 5) is 53.4. The van der Waals surface area contributed by atoms with Crippen molar-refractivity contribution in [3.63, 3.8) is 0 Å². The predicted molar refractivity (Wildman–Crippen MR) is 159 cm³/mol. The van der Waals surface area contributed by atoms with Crippen molar-refractivity contribution in [1.82, 2.24) is 26.0 Å². The van der Waals surface area contributed by atoms with E-state index in [1.165, 1.54) is 30.0 Å². The molecule has 45 heavy (non-hydrogen) atoms. The Hall–Kier alpha value is -4.61. The zero-order valence-electron chi connectivity index (χ0n) is 25.9. The van der Waals surface area contributed by atoms with Gasteiger partial charge in [0, 0.05) is 31.3 Å². The standard InChI is InChI=1S/C31H39FN6O7/c1-17(2)10-22(13-33)31(43)38-9-8-23(15-38)44-16-26(28(40)34-14-21-7-6-18(3)11-24(21)32)35-30(42)27(20(5)39)36-29(41)25-12-19(4)45-37-25/h6-7,10-12,17,20,23,26-27,39H,8-9,14-16H2,1-5H3,(H,34,40)(H,35,42)(H,36,41)/t20?,23-,26?,27?/m1/s1. The maximum atomic E-state index is 14.4. The molecule has 1 aliphatic heterocycles. The van der Waals surface area contributed by atoms with Crippen molar-refractivity contribution in [3.8, 4) is 6.07 Å². The van der Waals surface area contributed by atoms with Crippen LogP contribution in [0.1, 0.15) is 54.6 Å². The number of halogens is 1. The third-order valence-electron chi connectivity index (χ3n) is 6.99. The van der Waals surface area contributed by atoms with E-state index in [0.29, 0.717) is 24.3 Å². The predicted octanol–water partition coefficient (Wildman–Crippen LogP) is 1.43. The molecule has 0 radical (unpaired) electrons. The Labute approximate surface area is 260 Å². The molecule has 1 aliphatic rings. The SMILES string of the molecule is Cc1ccc(CNC(=O)C(CO[C@@H]2CCN(C(=O)C(C#N)=CC(C)C)C2)NC(=O)C(NC(=O)c2cc(C)on2)C(C)O)c(F)c1. The van der Waals surface area contributed by atoms with E-state index in [1.807, 2.05) is 19.9 Å². The van der Waals surface area contributed by atoms with Crippen LogP contribution in [0, 0.1) is 36.9 Å². The molecule has 1 fully saturated rings. The van der Waals surface area contributed by atoms with Crippen molar-refractivity contribution in [2.24, 2.45) is 5.92 Å². The van der Waals surface area contributed by atoms with E-state index in [-0.39, 0.29) is 42.4 Å². The van der Waals surface area contributed by atoms with Gasteiger partial charge in [0.15, 0.2) is 5.69 Å². The van der Waals surface area contributed by atoms with E-state index in [1.54, 1.807) is 26.0 Å². The number of hydrogen-bond acceptors (Lipinski definition) is 9. The van der Waals surface area contributed by atoms with E-state index in [2.05, 4.69) is 21.1 Å². The summed E-state index contributed by atoms with van der Waals surface area (Å²) in [6, 6.07) is 5.05. The number of rotatable bonds is 13. The van der Waals surface area contributed by atoms with Crippen molar-refractivity contribution in [2.75, 3.05) is 19.7 Å². The molecule has 4 N–H and O–H groups in total. The summed E-state index contributed by atoms with van der Waals surface area (Å²) in [5.74, 6) is -2.93. The first-order valence-corrected chi connectivity index (χ1v) is 14.6. The molecule has 1 saturated heterocycles. The number of carbonyl (C=O) groups excluding carboxylic acids is 4. The quantitative estimate of drug-likeness (QED) is 0.188.